The molecule has 7 heteroatoms. The third-order valence-electron chi connectivity index (χ3n) is 5.90. The predicted molar refractivity (Wildman–Crippen MR) is 126 cm³/mol. The van der Waals surface area contributed by atoms with Gasteiger partial charge in [-0.05, 0) is 63.7 Å². The van der Waals surface area contributed by atoms with E-state index in [1.165, 1.54) is 18.6 Å². The van der Waals surface area contributed by atoms with Crippen molar-refractivity contribution in [3.05, 3.63) is 30.1 Å². The summed E-state index contributed by atoms with van der Waals surface area (Å²) in [5.41, 5.74) is 1.11. The van der Waals surface area contributed by atoms with Gasteiger partial charge in [-0.2, -0.15) is 0 Å². The Bertz CT molecular complexity index is 609. The molecule has 1 aliphatic heterocycles. The first-order chi connectivity index (χ1) is 14.5. The van der Waals surface area contributed by atoms with Gasteiger partial charge in [0.15, 0.2) is 5.96 Å². The number of halogens is 1. The van der Waals surface area contributed by atoms with Crippen LogP contribution in [-0.4, -0.2) is 87.8 Å². The van der Waals surface area contributed by atoms with Gasteiger partial charge >= 0.3 is 0 Å². The van der Waals surface area contributed by atoms with Crippen molar-refractivity contribution in [2.45, 2.75) is 39.7 Å². The number of benzene rings is 1. The molecule has 0 saturated carbocycles. The largest absolute Gasteiger partial charge is 0.369 e. The highest BCUT2D eigenvalue weighted by atomic mass is 19.1. The van der Waals surface area contributed by atoms with Crippen molar-refractivity contribution in [3.8, 4) is 0 Å². The number of guanidine groups is 1. The van der Waals surface area contributed by atoms with Crippen LogP contribution in [0.3, 0.4) is 0 Å². The summed E-state index contributed by atoms with van der Waals surface area (Å²) in [6, 6.07) is 7.21. The van der Waals surface area contributed by atoms with Crippen molar-refractivity contribution in [2.24, 2.45) is 4.99 Å². The SMILES string of the molecule is CCN(CC)CCCC(C)NC(=NC)NCCN1CCN(c2ccc(F)cc2)CC1. The summed E-state index contributed by atoms with van der Waals surface area (Å²) < 4.78 is 13.1. The molecule has 1 heterocycles. The van der Waals surface area contributed by atoms with Gasteiger partial charge in [0.05, 0.1) is 0 Å². The Morgan fingerprint density at radius 2 is 1.80 bits per heavy atom. The lowest BCUT2D eigenvalue weighted by Gasteiger charge is -2.36. The third kappa shape index (κ3) is 8.48. The molecule has 1 aromatic carbocycles. The van der Waals surface area contributed by atoms with Gasteiger partial charge in [0.25, 0.3) is 0 Å². The lowest BCUT2D eigenvalue weighted by atomic mass is 10.2. The molecule has 1 aromatic rings. The quantitative estimate of drug-likeness (QED) is 0.426. The zero-order valence-electron chi connectivity index (χ0n) is 19.3. The van der Waals surface area contributed by atoms with Crippen LogP contribution in [0.2, 0.25) is 0 Å². The van der Waals surface area contributed by atoms with Crippen LogP contribution in [0.5, 0.6) is 0 Å². The van der Waals surface area contributed by atoms with E-state index in [9.17, 15) is 4.39 Å². The van der Waals surface area contributed by atoms with Crippen molar-refractivity contribution < 1.29 is 4.39 Å². The van der Waals surface area contributed by atoms with Crippen molar-refractivity contribution in [2.75, 3.05) is 70.9 Å². The molecule has 2 rings (SSSR count). The summed E-state index contributed by atoms with van der Waals surface area (Å²) in [7, 11) is 1.83. The van der Waals surface area contributed by atoms with Gasteiger partial charge in [0.1, 0.15) is 5.82 Å². The number of hydrogen-bond donors (Lipinski definition) is 2. The van der Waals surface area contributed by atoms with Gasteiger partial charge in [-0.15, -0.1) is 0 Å². The van der Waals surface area contributed by atoms with Gasteiger partial charge < -0.3 is 20.4 Å². The van der Waals surface area contributed by atoms with E-state index >= 15 is 0 Å². The molecule has 0 aromatic heterocycles. The van der Waals surface area contributed by atoms with E-state index in [1.807, 2.05) is 19.2 Å². The first kappa shape index (κ1) is 24.4. The molecule has 1 saturated heterocycles. The maximum atomic E-state index is 13.1. The normalized spacial score (nSPS) is 16.7. The van der Waals surface area contributed by atoms with Crippen LogP contribution < -0.4 is 15.5 Å². The molecule has 170 valence electrons. The smallest absolute Gasteiger partial charge is 0.191 e. The number of anilines is 1. The molecule has 30 heavy (non-hydrogen) atoms. The molecule has 1 aliphatic rings. The van der Waals surface area contributed by atoms with Crippen LogP contribution in [0, 0.1) is 5.82 Å². The third-order valence-corrected chi connectivity index (χ3v) is 5.90. The average molecular weight is 421 g/mol. The lowest BCUT2D eigenvalue weighted by Crippen LogP contribution is -2.50. The van der Waals surface area contributed by atoms with E-state index in [2.05, 4.69) is 51.1 Å². The zero-order chi connectivity index (χ0) is 21.8. The summed E-state index contributed by atoms with van der Waals surface area (Å²) in [4.78, 5) is 11.6. The monoisotopic (exact) mass is 420 g/mol. The molecule has 0 spiro atoms. The summed E-state index contributed by atoms with van der Waals surface area (Å²) in [6.45, 7) is 15.9. The second kappa shape index (κ2) is 13.4. The maximum absolute atomic E-state index is 13.1. The molecule has 1 unspecified atom stereocenters. The molecule has 0 amide bonds. The zero-order valence-corrected chi connectivity index (χ0v) is 19.3. The fourth-order valence-electron chi connectivity index (χ4n) is 3.88. The van der Waals surface area contributed by atoms with Crippen LogP contribution in [0.4, 0.5) is 10.1 Å². The van der Waals surface area contributed by atoms with E-state index < -0.39 is 0 Å². The van der Waals surface area contributed by atoms with Crippen molar-refractivity contribution in [3.63, 3.8) is 0 Å². The molecule has 2 N–H and O–H groups in total. The first-order valence-corrected chi connectivity index (χ1v) is 11.5. The first-order valence-electron chi connectivity index (χ1n) is 11.5. The number of nitrogens with zero attached hydrogens (tertiary/aromatic N) is 4. The van der Waals surface area contributed by atoms with E-state index in [0.717, 1.165) is 77.0 Å². The van der Waals surface area contributed by atoms with Crippen LogP contribution in [0.1, 0.15) is 33.6 Å². The fraction of sp³-hybridized carbons (Fsp3) is 0.696. The summed E-state index contributed by atoms with van der Waals surface area (Å²) in [5.74, 6) is 0.707. The second-order valence-corrected chi connectivity index (χ2v) is 8.02. The van der Waals surface area contributed by atoms with E-state index in [4.69, 9.17) is 0 Å². The van der Waals surface area contributed by atoms with Crippen LogP contribution >= 0.6 is 0 Å². The number of rotatable bonds is 11. The molecule has 0 radical (unpaired) electrons. The molecular formula is C23H41FN6. The molecule has 1 atom stereocenters. The van der Waals surface area contributed by atoms with E-state index in [0.29, 0.717) is 6.04 Å². The Hall–Kier alpha value is -1.86. The second-order valence-electron chi connectivity index (χ2n) is 8.02. The van der Waals surface area contributed by atoms with Crippen LogP contribution in [-0.2, 0) is 0 Å². The molecule has 0 aliphatic carbocycles. The summed E-state index contributed by atoms with van der Waals surface area (Å²) in [6.07, 6.45) is 2.34. The predicted octanol–water partition coefficient (Wildman–Crippen LogP) is 2.62. The standard InChI is InChI=1S/C23H41FN6/c1-5-28(6-2)14-7-8-20(3)27-23(25-4)26-13-15-29-16-18-30(19-17-29)22-11-9-21(24)10-12-22/h9-12,20H,5-8,13-19H2,1-4H3,(H2,25,26,27). The highest BCUT2D eigenvalue weighted by molar-refractivity contribution is 5.79. The Morgan fingerprint density at radius 1 is 1.13 bits per heavy atom. The van der Waals surface area contributed by atoms with Gasteiger partial charge in [-0.3, -0.25) is 9.89 Å². The highest BCUT2D eigenvalue weighted by Crippen LogP contribution is 2.16. The van der Waals surface area contributed by atoms with Crippen molar-refractivity contribution >= 4 is 11.6 Å². The van der Waals surface area contributed by atoms with E-state index in [1.54, 1.807) is 0 Å². The minimum absolute atomic E-state index is 0.177. The Balaban J connectivity index is 1.61. The molecule has 0 bridgehead atoms. The molecule has 1 fully saturated rings. The minimum Gasteiger partial charge on any atom is -0.369 e. The maximum Gasteiger partial charge on any atom is 0.191 e. The number of aliphatic imine (C=N–C) groups is 1. The van der Waals surface area contributed by atoms with E-state index in [-0.39, 0.29) is 5.82 Å². The Morgan fingerprint density at radius 3 is 2.40 bits per heavy atom. The molecular weight excluding hydrogens is 379 g/mol. The average Bonchev–Trinajstić information content (AvgIpc) is 2.77. The topological polar surface area (TPSA) is 46.1 Å². The molecule has 6 nitrogen and oxygen atoms in total. The Labute approximate surface area is 182 Å². The van der Waals surface area contributed by atoms with Gasteiger partial charge in [-0.1, -0.05) is 13.8 Å². The van der Waals surface area contributed by atoms with Crippen LogP contribution in [0.25, 0.3) is 0 Å². The van der Waals surface area contributed by atoms with Gasteiger partial charge in [-0.25, -0.2) is 4.39 Å². The lowest BCUT2D eigenvalue weighted by molar-refractivity contribution is 0.261. The summed E-state index contributed by atoms with van der Waals surface area (Å²) in [5, 5.41) is 6.96. The Kier molecular flexibility index (Phi) is 10.9. The van der Waals surface area contributed by atoms with Gasteiger partial charge in [0.2, 0.25) is 0 Å². The number of piperazine rings is 1. The van der Waals surface area contributed by atoms with Crippen LogP contribution in [0.15, 0.2) is 29.3 Å². The van der Waals surface area contributed by atoms with Crippen molar-refractivity contribution in [1.29, 1.82) is 0 Å². The number of nitrogens with one attached hydrogen (secondary N) is 2. The van der Waals surface area contributed by atoms with Crippen molar-refractivity contribution in [1.82, 2.24) is 20.4 Å². The highest BCUT2D eigenvalue weighted by Gasteiger charge is 2.17. The van der Waals surface area contributed by atoms with Gasteiger partial charge in [0, 0.05) is 58.0 Å². The summed E-state index contributed by atoms with van der Waals surface area (Å²) >= 11 is 0. The fourth-order valence-corrected chi connectivity index (χ4v) is 3.88. The number of hydrogen-bond acceptors (Lipinski definition) is 4. The minimum atomic E-state index is -0.177.